The predicted molar refractivity (Wildman–Crippen MR) is 107 cm³/mol. The van der Waals surface area contributed by atoms with Crippen LogP contribution >= 0.6 is 0 Å². The topological polar surface area (TPSA) is 94.8 Å². The van der Waals surface area contributed by atoms with Gasteiger partial charge in [0, 0.05) is 17.5 Å². The molecule has 29 heavy (non-hydrogen) atoms. The number of hydrogen-bond acceptors (Lipinski definition) is 6. The number of fused-ring (bicyclic) bond motifs is 1. The van der Waals surface area contributed by atoms with E-state index in [9.17, 15) is 14.4 Å². The molecule has 2 aromatic carbocycles. The van der Waals surface area contributed by atoms with Gasteiger partial charge in [-0.25, -0.2) is 14.4 Å². The number of amides is 1. The van der Waals surface area contributed by atoms with E-state index in [0.29, 0.717) is 12.0 Å². The van der Waals surface area contributed by atoms with E-state index in [-0.39, 0.29) is 12.4 Å². The fourth-order valence-corrected chi connectivity index (χ4v) is 2.77. The zero-order chi connectivity index (χ0) is 20.8. The van der Waals surface area contributed by atoms with Crippen molar-refractivity contribution in [2.24, 2.45) is 0 Å². The van der Waals surface area contributed by atoms with E-state index in [0.717, 1.165) is 16.5 Å². The van der Waals surface area contributed by atoms with E-state index >= 15 is 0 Å². The molecular formula is C22H21NO6. The summed E-state index contributed by atoms with van der Waals surface area (Å²) < 4.78 is 15.6. The van der Waals surface area contributed by atoms with Crippen molar-refractivity contribution in [2.75, 3.05) is 0 Å². The molecule has 0 saturated heterocycles. The summed E-state index contributed by atoms with van der Waals surface area (Å²) in [6.07, 6.45) is -0.0526. The lowest BCUT2D eigenvalue weighted by molar-refractivity contribution is -0.136. The van der Waals surface area contributed by atoms with Gasteiger partial charge in [-0.05, 0) is 36.6 Å². The number of alkyl carbamates (subject to hydrolysis) is 1. The average molecular weight is 395 g/mol. The minimum absolute atomic E-state index is 0.0951. The quantitative estimate of drug-likeness (QED) is 0.389. The monoisotopic (exact) mass is 395 g/mol. The highest BCUT2D eigenvalue weighted by Gasteiger charge is 2.19. The molecule has 0 spiro atoms. The Balaban J connectivity index is 1.60. The third-order valence-electron chi connectivity index (χ3n) is 4.30. The van der Waals surface area contributed by atoms with Gasteiger partial charge >= 0.3 is 17.7 Å². The normalized spacial score (nSPS) is 11.7. The first-order valence-corrected chi connectivity index (χ1v) is 9.22. The fraction of sp³-hybridized carbons (Fsp3) is 0.227. The molecule has 7 nitrogen and oxygen atoms in total. The summed E-state index contributed by atoms with van der Waals surface area (Å²) in [6.45, 7) is 3.52. The zero-order valence-corrected chi connectivity index (χ0v) is 16.1. The molecule has 1 amide bonds. The number of aryl methyl sites for hydroxylation is 1. The largest absolute Gasteiger partial charge is 0.445 e. The Labute approximate surface area is 167 Å². The molecule has 3 rings (SSSR count). The molecule has 0 unspecified atom stereocenters. The lowest BCUT2D eigenvalue weighted by Crippen LogP contribution is -2.41. The highest BCUT2D eigenvalue weighted by atomic mass is 16.6. The summed E-state index contributed by atoms with van der Waals surface area (Å²) >= 11 is 0. The van der Waals surface area contributed by atoms with Crippen LogP contribution in [0, 0.1) is 0 Å². The van der Waals surface area contributed by atoms with Crippen LogP contribution in [0.3, 0.4) is 0 Å². The minimum Gasteiger partial charge on any atom is -0.445 e. The van der Waals surface area contributed by atoms with Gasteiger partial charge in [0.15, 0.2) is 0 Å². The summed E-state index contributed by atoms with van der Waals surface area (Å²) in [5.41, 5.74) is 1.56. The molecule has 0 saturated carbocycles. The van der Waals surface area contributed by atoms with E-state index in [1.807, 2.05) is 37.3 Å². The van der Waals surface area contributed by atoms with E-state index in [4.69, 9.17) is 13.9 Å². The molecule has 1 heterocycles. The Bertz CT molecular complexity index is 1070. The molecule has 1 N–H and O–H groups in total. The summed E-state index contributed by atoms with van der Waals surface area (Å²) in [5, 5.41) is 3.21. The van der Waals surface area contributed by atoms with Crippen molar-refractivity contribution in [3.8, 4) is 5.75 Å². The van der Waals surface area contributed by atoms with E-state index < -0.39 is 23.7 Å². The van der Waals surface area contributed by atoms with Crippen molar-refractivity contribution >= 4 is 23.0 Å². The third-order valence-corrected chi connectivity index (χ3v) is 4.30. The molecule has 3 aromatic rings. The minimum atomic E-state index is -0.928. The Morgan fingerprint density at radius 3 is 2.59 bits per heavy atom. The summed E-state index contributed by atoms with van der Waals surface area (Å²) in [6, 6.07) is 14.5. The zero-order valence-electron chi connectivity index (χ0n) is 16.1. The van der Waals surface area contributed by atoms with Gasteiger partial charge in [-0.15, -0.1) is 0 Å². The second kappa shape index (κ2) is 9.05. The number of rotatable bonds is 6. The standard InChI is InChI=1S/C22H21NO6/c1-3-16-11-20(24)29-19-12-17(9-10-18(16)19)28-21(25)14(2)23-22(26)27-13-15-7-5-4-6-8-15/h4-12,14H,3,13H2,1-2H3,(H,23,26)/t14-/m0/s1. The number of benzene rings is 2. The molecule has 7 heteroatoms. The first kappa shape index (κ1) is 20.1. The van der Waals surface area contributed by atoms with Crippen LogP contribution in [0.2, 0.25) is 0 Å². The molecule has 0 aliphatic carbocycles. The van der Waals surface area contributed by atoms with Gasteiger partial charge in [0.25, 0.3) is 0 Å². The van der Waals surface area contributed by atoms with Gasteiger partial charge in [0.2, 0.25) is 0 Å². The number of ether oxygens (including phenoxy) is 2. The second-order valence-corrected chi connectivity index (χ2v) is 6.45. The van der Waals surface area contributed by atoms with Crippen molar-refractivity contribution in [2.45, 2.75) is 32.9 Å². The van der Waals surface area contributed by atoms with Crippen molar-refractivity contribution < 1.29 is 23.5 Å². The predicted octanol–water partition coefficient (Wildman–Crippen LogP) is 3.58. The van der Waals surface area contributed by atoms with Crippen LogP contribution in [-0.4, -0.2) is 18.1 Å². The highest BCUT2D eigenvalue weighted by molar-refractivity contribution is 5.85. The average Bonchev–Trinajstić information content (AvgIpc) is 2.72. The first-order valence-electron chi connectivity index (χ1n) is 9.22. The van der Waals surface area contributed by atoms with Crippen LogP contribution in [0.4, 0.5) is 4.79 Å². The first-order chi connectivity index (χ1) is 14.0. The smallest absolute Gasteiger partial charge is 0.408 e. The van der Waals surface area contributed by atoms with Crippen LogP contribution in [-0.2, 0) is 22.6 Å². The van der Waals surface area contributed by atoms with Crippen LogP contribution in [0.1, 0.15) is 25.0 Å². The number of carbonyl (C=O) groups excluding carboxylic acids is 2. The van der Waals surface area contributed by atoms with Gasteiger partial charge < -0.3 is 19.2 Å². The maximum atomic E-state index is 12.3. The van der Waals surface area contributed by atoms with Gasteiger partial charge in [0.05, 0.1) is 0 Å². The van der Waals surface area contributed by atoms with Crippen LogP contribution < -0.4 is 15.7 Å². The SMILES string of the molecule is CCc1cc(=O)oc2cc(OC(=O)[C@H](C)NC(=O)OCc3ccccc3)ccc12. The van der Waals surface area contributed by atoms with Crippen molar-refractivity contribution in [1.29, 1.82) is 0 Å². The Kier molecular flexibility index (Phi) is 6.29. The molecule has 1 aromatic heterocycles. The number of hydrogen-bond donors (Lipinski definition) is 1. The van der Waals surface area contributed by atoms with Gasteiger partial charge in [0.1, 0.15) is 24.0 Å². The van der Waals surface area contributed by atoms with Gasteiger partial charge in [-0.1, -0.05) is 37.3 Å². The molecule has 0 aliphatic rings. The van der Waals surface area contributed by atoms with Crippen molar-refractivity contribution in [3.05, 3.63) is 76.1 Å². The maximum absolute atomic E-state index is 12.3. The second-order valence-electron chi connectivity index (χ2n) is 6.45. The van der Waals surface area contributed by atoms with Crippen LogP contribution in [0.5, 0.6) is 5.75 Å². The van der Waals surface area contributed by atoms with Crippen molar-refractivity contribution in [3.63, 3.8) is 0 Å². The van der Waals surface area contributed by atoms with E-state index in [2.05, 4.69) is 5.32 Å². The fourth-order valence-electron chi connectivity index (χ4n) is 2.77. The molecule has 0 fully saturated rings. The maximum Gasteiger partial charge on any atom is 0.408 e. The van der Waals surface area contributed by atoms with Crippen LogP contribution in [0.25, 0.3) is 11.0 Å². The lowest BCUT2D eigenvalue weighted by atomic mass is 10.1. The molecule has 0 aliphatic heterocycles. The summed E-state index contributed by atoms with van der Waals surface area (Å²) in [4.78, 5) is 35.8. The number of nitrogens with one attached hydrogen (secondary N) is 1. The number of esters is 1. The lowest BCUT2D eigenvalue weighted by Gasteiger charge is -2.14. The number of carbonyl (C=O) groups is 2. The Hall–Kier alpha value is -3.61. The van der Waals surface area contributed by atoms with E-state index in [1.165, 1.54) is 19.1 Å². The molecule has 0 bridgehead atoms. The molecule has 1 atom stereocenters. The van der Waals surface area contributed by atoms with E-state index in [1.54, 1.807) is 12.1 Å². The van der Waals surface area contributed by atoms with Crippen LogP contribution in [0.15, 0.2) is 63.8 Å². The Morgan fingerprint density at radius 2 is 1.86 bits per heavy atom. The van der Waals surface area contributed by atoms with Gasteiger partial charge in [-0.3, -0.25) is 0 Å². The highest BCUT2D eigenvalue weighted by Crippen LogP contribution is 2.23. The molecular weight excluding hydrogens is 374 g/mol. The van der Waals surface area contributed by atoms with Crippen molar-refractivity contribution in [1.82, 2.24) is 5.32 Å². The molecule has 150 valence electrons. The third kappa shape index (κ3) is 5.22. The summed E-state index contributed by atoms with van der Waals surface area (Å²) in [7, 11) is 0. The Morgan fingerprint density at radius 1 is 1.10 bits per heavy atom. The summed E-state index contributed by atoms with van der Waals surface area (Å²) in [5.74, 6) is -0.458. The van der Waals surface area contributed by atoms with Gasteiger partial charge in [-0.2, -0.15) is 0 Å². The molecule has 0 radical (unpaired) electrons.